The molecule has 0 amide bonds. The van der Waals surface area contributed by atoms with Crippen molar-refractivity contribution in [1.82, 2.24) is 4.90 Å². The topological polar surface area (TPSA) is 40.2 Å². The minimum absolute atomic E-state index is 0.285. The molecule has 2 aromatic rings. The van der Waals surface area contributed by atoms with Crippen LogP contribution in [0.3, 0.4) is 0 Å². The van der Waals surface area contributed by atoms with Gasteiger partial charge in [-0.3, -0.25) is 0 Å². The quantitative estimate of drug-likeness (QED) is 0.383. The highest BCUT2D eigenvalue weighted by atomic mass is 35.5. The van der Waals surface area contributed by atoms with E-state index in [0.717, 1.165) is 42.4 Å². The molecule has 33 heavy (non-hydrogen) atoms. The second-order valence-electron chi connectivity index (χ2n) is 9.32. The molecule has 1 saturated carbocycles. The highest BCUT2D eigenvalue weighted by molar-refractivity contribution is 6.17. The average Bonchev–Trinajstić information content (AvgIpc) is 3.53. The molecule has 0 bridgehead atoms. The van der Waals surface area contributed by atoms with Crippen LogP contribution < -0.4 is 18.9 Å². The molecule has 1 fully saturated rings. The molecule has 3 aliphatic heterocycles. The minimum atomic E-state index is 0.285. The molecule has 6 rings (SSSR count). The van der Waals surface area contributed by atoms with Gasteiger partial charge in [0.05, 0.1) is 19.8 Å². The number of hydrogen-bond donors (Lipinski definition) is 0. The maximum Gasteiger partial charge on any atom is 0.231 e. The SMILES string of the molecule is COc1c(OCCCCl)ccc2c1[C@H](C1CCCC1)N1CCc3cc4c(cc3C1=C2)OCO4. The predicted molar refractivity (Wildman–Crippen MR) is 129 cm³/mol. The van der Waals surface area contributed by atoms with Gasteiger partial charge in [-0.25, -0.2) is 0 Å². The first kappa shape index (κ1) is 21.0. The third-order valence-corrected chi connectivity index (χ3v) is 7.78. The molecule has 0 radical (unpaired) electrons. The third-order valence-electron chi connectivity index (χ3n) is 7.51. The zero-order valence-electron chi connectivity index (χ0n) is 19.1. The van der Waals surface area contributed by atoms with Gasteiger partial charge < -0.3 is 23.8 Å². The average molecular weight is 468 g/mol. The summed E-state index contributed by atoms with van der Waals surface area (Å²) in [5.41, 5.74) is 6.40. The molecule has 5 nitrogen and oxygen atoms in total. The largest absolute Gasteiger partial charge is 0.492 e. The smallest absolute Gasteiger partial charge is 0.231 e. The first-order valence-corrected chi connectivity index (χ1v) is 12.6. The Morgan fingerprint density at radius 3 is 2.73 bits per heavy atom. The van der Waals surface area contributed by atoms with Crippen molar-refractivity contribution >= 4 is 23.4 Å². The fraction of sp³-hybridized carbons (Fsp3) is 0.481. The number of rotatable bonds is 6. The summed E-state index contributed by atoms with van der Waals surface area (Å²) >= 11 is 5.88. The number of benzene rings is 2. The van der Waals surface area contributed by atoms with E-state index in [9.17, 15) is 0 Å². The summed E-state index contributed by atoms with van der Waals surface area (Å²) in [5.74, 6) is 4.62. The van der Waals surface area contributed by atoms with E-state index in [0.29, 0.717) is 25.2 Å². The Bertz CT molecular complexity index is 1090. The molecule has 0 aromatic heterocycles. The molecule has 0 saturated heterocycles. The van der Waals surface area contributed by atoms with E-state index in [2.05, 4.69) is 29.2 Å². The van der Waals surface area contributed by atoms with Crippen LogP contribution in [0.1, 0.15) is 60.4 Å². The van der Waals surface area contributed by atoms with Crippen LogP contribution in [0.4, 0.5) is 0 Å². The molecule has 0 N–H and O–H groups in total. The van der Waals surface area contributed by atoms with Crippen LogP contribution in [-0.4, -0.2) is 37.8 Å². The first-order valence-electron chi connectivity index (χ1n) is 12.1. The molecule has 1 atom stereocenters. The second-order valence-corrected chi connectivity index (χ2v) is 9.69. The predicted octanol–water partition coefficient (Wildman–Crippen LogP) is 6.03. The van der Waals surface area contributed by atoms with E-state index in [1.807, 2.05) is 6.07 Å². The lowest BCUT2D eigenvalue weighted by Gasteiger charge is -2.46. The number of alkyl halides is 1. The minimum Gasteiger partial charge on any atom is -0.492 e. The normalized spacial score (nSPS) is 20.7. The maximum atomic E-state index is 6.11. The zero-order chi connectivity index (χ0) is 22.4. The van der Waals surface area contributed by atoms with Crippen molar-refractivity contribution in [2.75, 3.05) is 32.9 Å². The summed E-state index contributed by atoms with van der Waals surface area (Å²) in [5, 5.41) is 0. The number of ether oxygens (including phenoxy) is 4. The number of hydrogen-bond acceptors (Lipinski definition) is 5. The van der Waals surface area contributed by atoms with Gasteiger partial charge in [-0.2, -0.15) is 0 Å². The summed E-state index contributed by atoms with van der Waals surface area (Å²) in [6.45, 7) is 1.88. The summed E-state index contributed by atoms with van der Waals surface area (Å²) in [4.78, 5) is 2.62. The lowest BCUT2D eigenvalue weighted by molar-refractivity contribution is 0.174. The summed E-state index contributed by atoms with van der Waals surface area (Å²) in [7, 11) is 1.76. The molecule has 6 heteroatoms. The van der Waals surface area contributed by atoms with Gasteiger partial charge in [0.15, 0.2) is 23.0 Å². The molecule has 3 heterocycles. The van der Waals surface area contributed by atoms with Crippen LogP contribution in [0.5, 0.6) is 23.0 Å². The molecule has 1 aliphatic carbocycles. The van der Waals surface area contributed by atoms with Gasteiger partial charge in [-0.15, -0.1) is 11.6 Å². The first-order chi connectivity index (χ1) is 16.3. The van der Waals surface area contributed by atoms with Gasteiger partial charge in [0, 0.05) is 29.2 Å². The standard InChI is InChI=1S/C27H30ClNO4/c1-30-27-22(31-12-4-10-28)8-7-19-13-21-20-15-24-23(32-16-33-24)14-18(20)9-11-29(21)26(25(19)27)17-5-2-3-6-17/h7-8,13-15,17,26H,2-6,9-12,16H2,1H3/t26-/m0/s1. The molecular weight excluding hydrogens is 438 g/mol. The highest BCUT2D eigenvalue weighted by Crippen LogP contribution is 2.54. The van der Waals surface area contributed by atoms with Crippen LogP contribution in [0, 0.1) is 5.92 Å². The van der Waals surface area contributed by atoms with E-state index >= 15 is 0 Å². The van der Waals surface area contributed by atoms with Crippen LogP contribution in [0.15, 0.2) is 24.3 Å². The Labute approximate surface area is 200 Å². The Morgan fingerprint density at radius 1 is 1.12 bits per heavy atom. The van der Waals surface area contributed by atoms with Crippen molar-refractivity contribution < 1.29 is 18.9 Å². The van der Waals surface area contributed by atoms with Gasteiger partial charge in [-0.1, -0.05) is 18.9 Å². The Kier molecular flexibility index (Phi) is 5.53. The van der Waals surface area contributed by atoms with Gasteiger partial charge in [0.25, 0.3) is 0 Å². The maximum absolute atomic E-state index is 6.11. The fourth-order valence-electron chi connectivity index (χ4n) is 6.05. The van der Waals surface area contributed by atoms with Gasteiger partial charge in [0.1, 0.15) is 0 Å². The van der Waals surface area contributed by atoms with E-state index in [1.54, 1.807) is 7.11 Å². The number of fused-ring (bicyclic) bond motifs is 5. The molecule has 4 aliphatic rings. The Morgan fingerprint density at radius 2 is 1.94 bits per heavy atom. The van der Waals surface area contributed by atoms with E-state index in [-0.39, 0.29) is 6.04 Å². The molecule has 0 unspecified atom stereocenters. The van der Waals surface area contributed by atoms with Crippen molar-refractivity contribution in [2.45, 2.75) is 44.6 Å². The van der Waals surface area contributed by atoms with Crippen LogP contribution in [0.2, 0.25) is 0 Å². The second kappa shape index (κ2) is 8.68. The Balaban J connectivity index is 1.49. The van der Waals surface area contributed by atoms with Crippen molar-refractivity contribution in [2.24, 2.45) is 5.92 Å². The lowest BCUT2D eigenvalue weighted by Crippen LogP contribution is -2.38. The Hall–Kier alpha value is -2.53. The molecular formula is C27H30ClNO4. The van der Waals surface area contributed by atoms with E-state index in [1.165, 1.54) is 53.6 Å². The molecule has 174 valence electrons. The number of methoxy groups -OCH3 is 1. The monoisotopic (exact) mass is 467 g/mol. The fourth-order valence-corrected chi connectivity index (χ4v) is 6.16. The van der Waals surface area contributed by atoms with Crippen LogP contribution in [0.25, 0.3) is 11.8 Å². The van der Waals surface area contributed by atoms with Gasteiger partial charge >= 0.3 is 0 Å². The number of halogens is 1. The molecule has 0 spiro atoms. The van der Waals surface area contributed by atoms with E-state index in [4.69, 9.17) is 30.5 Å². The van der Waals surface area contributed by atoms with Gasteiger partial charge in [0.2, 0.25) is 6.79 Å². The van der Waals surface area contributed by atoms with Gasteiger partial charge in [-0.05, 0) is 67.0 Å². The number of nitrogens with zero attached hydrogens (tertiary/aromatic N) is 1. The zero-order valence-corrected chi connectivity index (χ0v) is 19.8. The van der Waals surface area contributed by atoms with Crippen molar-refractivity contribution in [1.29, 1.82) is 0 Å². The molecule has 2 aromatic carbocycles. The van der Waals surface area contributed by atoms with Crippen molar-refractivity contribution in [3.8, 4) is 23.0 Å². The highest BCUT2D eigenvalue weighted by Gasteiger charge is 2.41. The lowest BCUT2D eigenvalue weighted by atomic mass is 9.80. The third kappa shape index (κ3) is 3.52. The summed E-state index contributed by atoms with van der Waals surface area (Å²) in [6, 6.07) is 8.87. The summed E-state index contributed by atoms with van der Waals surface area (Å²) < 4.78 is 23.5. The van der Waals surface area contributed by atoms with Crippen LogP contribution >= 0.6 is 11.6 Å². The van der Waals surface area contributed by atoms with Crippen molar-refractivity contribution in [3.63, 3.8) is 0 Å². The summed E-state index contributed by atoms with van der Waals surface area (Å²) in [6.07, 6.45) is 9.24. The van der Waals surface area contributed by atoms with Crippen molar-refractivity contribution in [3.05, 3.63) is 46.5 Å². The van der Waals surface area contributed by atoms with Crippen LogP contribution in [-0.2, 0) is 6.42 Å². The van der Waals surface area contributed by atoms with E-state index < -0.39 is 0 Å².